The number of nitrogens with one attached hydrogen (secondary N) is 1. The average molecular weight is 540 g/mol. The first kappa shape index (κ1) is 25.8. The maximum Gasteiger partial charge on any atom is 0.251 e. The fourth-order valence-corrected chi connectivity index (χ4v) is 4.84. The summed E-state index contributed by atoms with van der Waals surface area (Å²) in [4.78, 5) is 29.2. The largest absolute Gasteiger partial charge is 0.497 e. The van der Waals surface area contributed by atoms with E-state index in [-0.39, 0.29) is 5.91 Å². The van der Waals surface area contributed by atoms with Crippen molar-refractivity contribution < 1.29 is 14.3 Å². The van der Waals surface area contributed by atoms with Crippen molar-refractivity contribution in [3.63, 3.8) is 0 Å². The zero-order valence-electron chi connectivity index (χ0n) is 22.6. The third kappa shape index (κ3) is 6.22. The molecule has 4 heterocycles. The monoisotopic (exact) mass is 539 g/mol. The molecule has 6 rings (SSSR count). The van der Waals surface area contributed by atoms with Crippen LogP contribution in [0, 0.1) is 11.8 Å². The van der Waals surface area contributed by atoms with Gasteiger partial charge in [0.2, 0.25) is 0 Å². The highest BCUT2D eigenvalue weighted by Gasteiger charge is 2.23. The zero-order valence-corrected chi connectivity index (χ0v) is 22.6. The van der Waals surface area contributed by atoms with Crippen LogP contribution in [0.5, 0.6) is 11.5 Å². The summed E-state index contributed by atoms with van der Waals surface area (Å²) in [5, 5.41) is 7.37. The summed E-state index contributed by atoms with van der Waals surface area (Å²) in [6, 6.07) is 14.9. The van der Waals surface area contributed by atoms with Crippen LogP contribution in [-0.4, -0.2) is 64.0 Å². The van der Waals surface area contributed by atoms with E-state index >= 15 is 0 Å². The van der Waals surface area contributed by atoms with E-state index in [1.807, 2.05) is 42.6 Å². The van der Waals surface area contributed by atoms with Gasteiger partial charge < -0.3 is 19.7 Å². The molecule has 1 saturated heterocycles. The Morgan fingerprint density at radius 1 is 0.950 bits per heavy atom. The third-order valence-corrected chi connectivity index (χ3v) is 7.39. The number of nitrogens with zero attached hydrogens (tertiary/aromatic N) is 6. The number of piperidine rings is 1. The van der Waals surface area contributed by atoms with E-state index in [2.05, 4.69) is 25.3 Å². The van der Waals surface area contributed by atoms with E-state index in [1.54, 1.807) is 36.3 Å². The Labute approximate surface area is 233 Å². The molecule has 10 heteroatoms. The molecule has 3 aromatic heterocycles. The van der Waals surface area contributed by atoms with Gasteiger partial charge in [0.25, 0.3) is 5.91 Å². The Balaban J connectivity index is 1.04. The van der Waals surface area contributed by atoms with Crippen molar-refractivity contribution in [2.45, 2.75) is 25.7 Å². The molecule has 2 fully saturated rings. The van der Waals surface area contributed by atoms with Crippen LogP contribution < -0.4 is 19.7 Å². The van der Waals surface area contributed by atoms with Crippen LogP contribution in [-0.2, 0) is 0 Å². The number of amides is 1. The van der Waals surface area contributed by atoms with E-state index < -0.39 is 0 Å². The highest BCUT2D eigenvalue weighted by molar-refractivity contribution is 5.95. The number of benzene rings is 1. The van der Waals surface area contributed by atoms with E-state index in [9.17, 15) is 4.79 Å². The second-order valence-electron chi connectivity index (χ2n) is 10.4. The molecule has 1 aliphatic carbocycles. The third-order valence-electron chi connectivity index (χ3n) is 7.39. The van der Waals surface area contributed by atoms with Crippen LogP contribution in [0.4, 0.5) is 5.82 Å². The van der Waals surface area contributed by atoms with Gasteiger partial charge in [0.05, 0.1) is 13.7 Å². The first-order valence-electron chi connectivity index (χ1n) is 13.8. The molecule has 0 radical (unpaired) electrons. The Bertz CT molecular complexity index is 1450. The minimum atomic E-state index is -0.108. The van der Waals surface area contributed by atoms with E-state index in [0.717, 1.165) is 37.6 Å². The number of carbonyl (C=O) groups is 1. The molecule has 1 N–H and O–H groups in total. The van der Waals surface area contributed by atoms with Gasteiger partial charge in [-0.2, -0.15) is 5.10 Å². The van der Waals surface area contributed by atoms with Crippen molar-refractivity contribution in [1.29, 1.82) is 0 Å². The highest BCUT2D eigenvalue weighted by atomic mass is 16.5. The number of aromatic nitrogens is 5. The minimum Gasteiger partial charge on any atom is -0.497 e. The first-order chi connectivity index (χ1) is 19.6. The molecule has 2 aliphatic rings. The molecule has 10 nitrogen and oxygen atoms in total. The van der Waals surface area contributed by atoms with Gasteiger partial charge in [-0.05, 0) is 73.9 Å². The maximum atomic E-state index is 13.0. The molecule has 1 amide bonds. The molecular formula is C30H33N7O3. The van der Waals surface area contributed by atoms with Crippen molar-refractivity contribution in [2.75, 3.05) is 38.3 Å². The van der Waals surface area contributed by atoms with Gasteiger partial charge in [-0.3, -0.25) is 4.79 Å². The number of methoxy groups -OCH3 is 1. The number of anilines is 1. The standard InChI is InChI=1S/C30H33N7O3/c1-39-24-16-23(17-25(18-24)40-20-22-6-7-22)30(38)32-19-21-9-14-36(15-10-21)27-8-12-31-29(35-27)26-4-2-5-28(34-26)37-13-3-11-33-37/h2-5,8,11-13,16-18,21-22H,6-7,9-10,14-15,19-20H2,1H3,(H,32,38). The number of ether oxygens (including phenoxy) is 2. The summed E-state index contributed by atoms with van der Waals surface area (Å²) in [6.07, 6.45) is 9.71. The van der Waals surface area contributed by atoms with Crippen LogP contribution in [0.25, 0.3) is 17.3 Å². The molecule has 0 unspecified atom stereocenters. The molecule has 40 heavy (non-hydrogen) atoms. The minimum absolute atomic E-state index is 0.108. The van der Waals surface area contributed by atoms with Gasteiger partial charge in [-0.15, -0.1) is 0 Å². The van der Waals surface area contributed by atoms with E-state index in [4.69, 9.17) is 14.5 Å². The van der Waals surface area contributed by atoms with Gasteiger partial charge in [0, 0.05) is 49.9 Å². The second-order valence-corrected chi connectivity index (χ2v) is 10.4. The first-order valence-corrected chi connectivity index (χ1v) is 13.8. The number of hydrogen-bond donors (Lipinski definition) is 1. The quantitative estimate of drug-likeness (QED) is 0.320. The topological polar surface area (TPSA) is 107 Å². The lowest BCUT2D eigenvalue weighted by Gasteiger charge is -2.33. The molecule has 0 spiro atoms. The second kappa shape index (κ2) is 11.7. The summed E-state index contributed by atoms with van der Waals surface area (Å²) >= 11 is 0. The molecular weight excluding hydrogens is 506 g/mol. The van der Waals surface area contributed by atoms with Crippen LogP contribution in [0.1, 0.15) is 36.0 Å². The lowest BCUT2D eigenvalue weighted by atomic mass is 9.96. The fourth-order valence-electron chi connectivity index (χ4n) is 4.84. The summed E-state index contributed by atoms with van der Waals surface area (Å²) in [5.74, 6) is 4.41. The van der Waals surface area contributed by atoms with Gasteiger partial charge in [-0.1, -0.05) is 6.07 Å². The Morgan fingerprint density at radius 3 is 2.58 bits per heavy atom. The highest BCUT2D eigenvalue weighted by Crippen LogP contribution is 2.31. The Hall–Kier alpha value is -4.47. The van der Waals surface area contributed by atoms with Crippen LogP contribution in [0.3, 0.4) is 0 Å². The molecule has 1 aliphatic heterocycles. The Morgan fingerprint density at radius 2 is 1.80 bits per heavy atom. The molecule has 206 valence electrons. The van der Waals surface area contributed by atoms with Crippen LogP contribution >= 0.6 is 0 Å². The van der Waals surface area contributed by atoms with Crippen LogP contribution in [0.15, 0.2) is 67.1 Å². The van der Waals surface area contributed by atoms with Crippen molar-refractivity contribution >= 4 is 11.7 Å². The summed E-state index contributed by atoms with van der Waals surface area (Å²) in [5.41, 5.74) is 1.26. The van der Waals surface area contributed by atoms with Crippen molar-refractivity contribution in [2.24, 2.45) is 11.8 Å². The predicted molar refractivity (Wildman–Crippen MR) is 151 cm³/mol. The normalized spacial score (nSPS) is 15.6. The lowest BCUT2D eigenvalue weighted by Crippen LogP contribution is -2.39. The molecule has 0 atom stereocenters. The SMILES string of the molecule is COc1cc(OCC2CC2)cc(C(=O)NCC2CCN(c3ccnc(-c4cccc(-n5cccn5)n4)n3)CC2)c1. The average Bonchev–Trinajstić information content (AvgIpc) is 3.68. The number of pyridine rings is 1. The Kier molecular flexibility index (Phi) is 7.56. The zero-order chi connectivity index (χ0) is 27.3. The number of rotatable bonds is 10. The fraction of sp³-hybridized carbons (Fsp3) is 0.367. The molecule has 1 aromatic carbocycles. The predicted octanol–water partition coefficient (Wildman–Crippen LogP) is 4.17. The maximum absolute atomic E-state index is 13.0. The van der Waals surface area contributed by atoms with E-state index in [0.29, 0.717) is 53.6 Å². The lowest BCUT2D eigenvalue weighted by molar-refractivity contribution is 0.0944. The van der Waals surface area contributed by atoms with Gasteiger partial charge in [0.15, 0.2) is 11.6 Å². The van der Waals surface area contributed by atoms with Gasteiger partial charge in [0.1, 0.15) is 23.0 Å². The van der Waals surface area contributed by atoms with E-state index in [1.165, 1.54) is 12.8 Å². The molecule has 1 saturated carbocycles. The van der Waals surface area contributed by atoms with Crippen molar-refractivity contribution in [1.82, 2.24) is 30.0 Å². The summed E-state index contributed by atoms with van der Waals surface area (Å²) < 4.78 is 13.0. The van der Waals surface area contributed by atoms with Crippen molar-refractivity contribution in [3.8, 4) is 28.8 Å². The molecule has 0 bridgehead atoms. The summed E-state index contributed by atoms with van der Waals surface area (Å²) in [7, 11) is 1.60. The smallest absolute Gasteiger partial charge is 0.251 e. The number of hydrogen-bond acceptors (Lipinski definition) is 8. The van der Waals surface area contributed by atoms with Gasteiger partial charge >= 0.3 is 0 Å². The molecule has 4 aromatic rings. The number of carbonyl (C=O) groups excluding carboxylic acids is 1. The van der Waals surface area contributed by atoms with Crippen LogP contribution in [0.2, 0.25) is 0 Å². The van der Waals surface area contributed by atoms with Gasteiger partial charge in [-0.25, -0.2) is 19.6 Å². The van der Waals surface area contributed by atoms with Crippen molar-refractivity contribution in [3.05, 3.63) is 72.7 Å². The summed E-state index contributed by atoms with van der Waals surface area (Å²) in [6.45, 7) is 3.03.